The molecule has 1 aromatic rings. The summed E-state index contributed by atoms with van der Waals surface area (Å²) in [5, 5.41) is 9.53. The summed E-state index contributed by atoms with van der Waals surface area (Å²) in [7, 11) is 0. The number of carbonyl (C=O) groups is 1. The number of rotatable bonds is 6. The fourth-order valence-corrected chi connectivity index (χ4v) is 1.65. The van der Waals surface area contributed by atoms with Gasteiger partial charge in [-0.1, -0.05) is 44.5 Å². The van der Waals surface area contributed by atoms with Gasteiger partial charge in [-0.15, -0.1) is 0 Å². The van der Waals surface area contributed by atoms with Gasteiger partial charge in [-0.2, -0.15) is 0 Å². The van der Waals surface area contributed by atoms with E-state index in [4.69, 9.17) is 0 Å². The van der Waals surface area contributed by atoms with Crippen LogP contribution in [0.4, 0.5) is 0 Å². The Kier molecular flexibility index (Phi) is 5.20. The molecule has 0 spiro atoms. The van der Waals surface area contributed by atoms with Gasteiger partial charge < -0.3 is 5.11 Å². The summed E-state index contributed by atoms with van der Waals surface area (Å²) >= 11 is 0. The molecule has 1 aromatic carbocycles. The van der Waals surface area contributed by atoms with E-state index in [2.05, 4.69) is 6.92 Å². The van der Waals surface area contributed by atoms with Crippen LogP contribution in [-0.4, -0.2) is 17.0 Å². The van der Waals surface area contributed by atoms with Crippen molar-refractivity contribution in [2.24, 2.45) is 0 Å². The summed E-state index contributed by atoms with van der Waals surface area (Å²) in [4.78, 5) is 11.6. The first-order valence-electron chi connectivity index (χ1n) is 5.96. The van der Waals surface area contributed by atoms with Gasteiger partial charge in [-0.25, -0.2) is 0 Å². The lowest BCUT2D eigenvalue weighted by atomic mass is 10.0. The Labute approximate surface area is 97.3 Å². The standard InChI is InChI=1S/C14H20O2/c1-3-5-13(15)14(16)10-12-8-6-11(4-2)7-9-12/h6-9,13,15H,3-5,10H2,1-2H3. The number of carbonyl (C=O) groups excluding carboxylic acids is 1. The Morgan fingerprint density at radius 2 is 1.75 bits per heavy atom. The molecule has 1 unspecified atom stereocenters. The van der Waals surface area contributed by atoms with Crippen molar-refractivity contribution in [3.63, 3.8) is 0 Å². The van der Waals surface area contributed by atoms with Gasteiger partial charge in [0.15, 0.2) is 5.78 Å². The zero-order valence-corrected chi connectivity index (χ0v) is 10.1. The second-order valence-corrected chi connectivity index (χ2v) is 4.12. The molecule has 0 heterocycles. The third-order valence-electron chi connectivity index (χ3n) is 2.74. The average molecular weight is 220 g/mol. The van der Waals surface area contributed by atoms with Crippen molar-refractivity contribution in [2.45, 2.75) is 45.6 Å². The van der Waals surface area contributed by atoms with Gasteiger partial charge in [0.05, 0.1) is 0 Å². The maximum absolute atomic E-state index is 11.6. The second kappa shape index (κ2) is 6.44. The summed E-state index contributed by atoms with van der Waals surface area (Å²) in [5.41, 5.74) is 2.25. The Bertz CT molecular complexity index is 327. The quantitative estimate of drug-likeness (QED) is 0.800. The molecule has 0 aliphatic carbocycles. The van der Waals surface area contributed by atoms with Crippen molar-refractivity contribution in [2.75, 3.05) is 0 Å². The molecule has 2 heteroatoms. The van der Waals surface area contributed by atoms with Crippen LogP contribution in [0.5, 0.6) is 0 Å². The van der Waals surface area contributed by atoms with Gasteiger partial charge >= 0.3 is 0 Å². The van der Waals surface area contributed by atoms with Gasteiger partial charge in [0.2, 0.25) is 0 Å². The molecule has 0 aromatic heterocycles. The minimum absolute atomic E-state index is 0.0777. The molecule has 0 fully saturated rings. The topological polar surface area (TPSA) is 37.3 Å². The first-order chi connectivity index (χ1) is 7.67. The lowest BCUT2D eigenvalue weighted by molar-refractivity contribution is -0.126. The minimum atomic E-state index is -0.796. The number of Topliss-reactive ketones (excluding diaryl/α,β-unsaturated/α-hetero) is 1. The van der Waals surface area contributed by atoms with Gasteiger partial charge in [0, 0.05) is 6.42 Å². The maximum atomic E-state index is 11.6. The summed E-state index contributed by atoms with van der Waals surface area (Å²) in [5.74, 6) is -0.0777. The van der Waals surface area contributed by atoms with Crippen molar-refractivity contribution >= 4 is 5.78 Å². The van der Waals surface area contributed by atoms with Crippen LogP contribution in [0, 0.1) is 0 Å². The summed E-state index contributed by atoms with van der Waals surface area (Å²) in [6.45, 7) is 4.07. The molecule has 1 atom stereocenters. The molecule has 1 rings (SSSR count). The molecule has 2 nitrogen and oxygen atoms in total. The van der Waals surface area contributed by atoms with E-state index in [-0.39, 0.29) is 5.78 Å². The number of aryl methyl sites for hydroxylation is 1. The SMILES string of the molecule is CCCC(O)C(=O)Cc1ccc(CC)cc1. The molecule has 0 aliphatic rings. The molecule has 0 amide bonds. The molecular formula is C14H20O2. The first-order valence-corrected chi connectivity index (χ1v) is 5.96. The number of aliphatic hydroxyl groups excluding tert-OH is 1. The maximum Gasteiger partial charge on any atom is 0.165 e. The van der Waals surface area contributed by atoms with Crippen LogP contribution in [0.2, 0.25) is 0 Å². The highest BCUT2D eigenvalue weighted by molar-refractivity contribution is 5.84. The van der Waals surface area contributed by atoms with E-state index in [1.807, 2.05) is 31.2 Å². The lowest BCUT2D eigenvalue weighted by Gasteiger charge is -2.08. The Morgan fingerprint density at radius 3 is 2.25 bits per heavy atom. The highest BCUT2D eigenvalue weighted by atomic mass is 16.3. The van der Waals surface area contributed by atoms with E-state index in [1.165, 1.54) is 5.56 Å². The molecule has 0 aliphatic heterocycles. The average Bonchev–Trinajstić information content (AvgIpc) is 2.30. The van der Waals surface area contributed by atoms with Crippen LogP contribution in [0.1, 0.15) is 37.8 Å². The number of benzene rings is 1. The molecule has 0 radical (unpaired) electrons. The van der Waals surface area contributed by atoms with E-state index in [0.717, 1.165) is 18.4 Å². The Morgan fingerprint density at radius 1 is 1.19 bits per heavy atom. The fraction of sp³-hybridized carbons (Fsp3) is 0.500. The molecule has 16 heavy (non-hydrogen) atoms. The van der Waals surface area contributed by atoms with Crippen LogP contribution >= 0.6 is 0 Å². The number of aliphatic hydroxyl groups is 1. The van der Waals surface area contributed by atoms with Crippen LogP contribution in [0.25, 0.3) is 0 Å². The van der Waals surface area contributed by atoms with Crippen molar-refractivity contribution in [1.82, 2.24) is 0 Å². The number of hydrogen-bond donors (Lipinski definition) is 1. The third kappa shape index (κ3) is 3.78. The predicted octanol–water partition coefficient (Wildman–Crippen LogP) is 2.52. The second-order valence-electron chi connectivity index (χ2n) is 4.12. The first kappa shape index (κ1) is 12.9. The van der Waals surface area contributed by atoms with Crippen LogP contribution < -0.4 is 0 Å². The molecule has 0 bridgehead atoms. The van der Waals surface area contributed by atoms with E-state index >= 15 is 0 Å². The highest BCUT2D eigenvalue weighted by Crippen LogP contribution is 2.08. The molecule has 0 saturated carbocycles. The van der Waals surface area contributed by atoms with Gasteiger partial charge in [0.1, 0.15) is 6.10 Å². The summed E-state index contributed by atoms with van der Waals surface area (Å²) < 4.78 is 0. The normalized spacial score (nSPS) is 12.4. The van der Waals surface area contributed by atoms with Crippen LogP contribution in [0.3, 0.4) is 0 Å². The monoisotopic (exact) mass is 220 g/mol. The van der Waals surface area contributed by atoms with Crippen LogP contribution in [-0.2, 0) is 17.6 Å². The minimum Gasteiger partial charge on any atom is -0.385 e. The van der Waals surface area contributed by atoms with Crippen molar-refractivity contribution < 1.29 is 9.90 Å². The highest BCUT2D eigenvalue weighted by Gasteiger charge is 2.13. The van der Waals surface area contributed by atoms with Gasteiger partial charge in [0.25, 0.3) is 0 Å². The predicted molar refractivity (Wildman–Crippen MR) is 65.4 cm³/mol. The van der Waals surface area contributed by atoms with E-state index < -0.39 is 6.10 Å². The van der Waals surface area contributed by atoms with E-state index in [0.29, 0.717) is 12.8 Å². The zero-order valence-electron chi connectivity index (χ0n) is 10.1. The van der Waals surface area contributed by atoms with Crippen molar-refractivity contribution in [3.05, 3.63) is 35.4 Å². The number of ketones is 1. The Hall–Kier alpha value is -1.15. The molecular weight excluding hydrogens is 200 g/mol. The van der Waals surface area contributed by atoms with Gasteiger partial charge in [-0.05, 0) is 24.0 Å². The Balaban J connectivity index is 2.55. The van der Waals surface area contributed by atoms with Gasteiger partial charge in [-0.3, -0.25) is 4.79 Å². The van der Waals surface area contributed by atoms with Crippen molar-refractivity contribution in [1.29, 1.82) is 0 Å². The van der Waals surface area contributed by atoms with Crippen molar-refractivity contribution in [3.8, 4) is 0 Å². The molecule has 88 valence electrons. The largest absolute Gasteiger partial charge is 0.385 e. The molecule has 1 N–H and O–H groups in total. The van der Waals surface area contributed by atoms with E-state index in [1.54, 1.807) is 0 Å². The summed E-state index contributed by atoms with van der Waals surface area (Å²) in [6.07, 6.45) is 1.95. The third-order valence-corrected chi connectivity index (χ3v) is 2.74. The zero-order chi connectivity index (χ0) is 12.0. The molecule has 0 saturated heterocycles. The van der Waals surface area contributed by atoms with Crippen LogP contribution in [0.15, 0.2) is 24.3 Å². The lowest BCUT2D eigenvalue weighted by Crippen LogP contribution is -2.21. The number of hydrogen-bond acceptors (Lipinski definition) is 2. The smallest absolute Gasteiger partial charge is 0.165 e. The summed E-state index contributed by atoms with van der Waals surface area (Å²) in [6, 6.07) is 8.01. The fourth-order valence-electron chi connectivity index (χ4n) is 1.65. The van der Waals surface area contributed by atoms with E-state index in [9.17, 15) is 9.90 Å².